The van der Waals surface area contributed by atoms with Crippen molar-refractivity contribution in [3.05, 3.63) is 45.1 Å². The number of imidazole rings is 1. The Morgan fingerprint density at radius 3 is 2.44 bits per heavy atom. The molecule has 34 heavy (non-hydrogen) atoms. The van der Waals surface area contributed by atoms with E-state index in [0.29, 0.717) is 48.5 Å². The minimum atomic E-state index is -0.205. The van der Waals surface area contributed by atoms with E-state index in [1.807, 2.05) is 18.2 Å². The molecule has 182 valence electrons. The highest BCUT2D eigenvalue weighted by Crippen LogP contribution is 2.31. The lowest BCUT2D eigenvalue weighted by molar-refractivity contribution is -0.138. The van der Waals surface area contributed by atoms with Crippen LogP contribution in [-0.4, -0.2) is 39.0 Å². The van der Waals surface area contributed by atoms with Gasteiger partial charge in [-0.3, -0.25) is 14.6 Å². The van der Waals surface area contributed by atoms with Crippen molar-refractivity contribution in [1.29, 1.82) is 0 Å². The third-order valence-electron chi connectivity index (χ3n) is 7.70. The number of hydrogen-bond donors (Lipinski definition) is 1. The van der Waals surface area contributed by atoms with Crippen LogP contribution in [0.5, 0.6) is 5.75 Å². The maximum Gasteiger partial charge on any atom is 0.274 e. The van der Waals surface area contributed by atoms with Crippen molar-refractivity contribution >= 4 is 18.2 Å². The average molecular weight is 465 g/mol. The maximum atomic E-state index is 13.3. The van der Waals surface area contributed by atoms with Gasteiger partial charge < -0.3 is 14.2 Å². The fourth-order valence-electron chi connectivity index (χ4n) is 5.89. The Hall–Kier alpha value is -2.83. The molecule has 2 aromatic rings. The number of carbonyl (C=O) groups excluding carboxylic acids is 1. The van der Waals surface area contributed by atoms with Crippen LogP contribution in [0.2, 0.25) is 0 Å². The highest BCUT2D eigenvalue weighted by Gasteiger charge is 2.31. The molecule has 1 N–H and O–H groups in total. The number of nitrogens with one attached hydrogen (secondary N) is 1. The van der Waals surface area contributed by atoms with Crippen LogP contribution in [0.15, 0.2) is 28.0 Å². The summed E-state index contributed by atoms with van der Waals surface area (Å²) < 4.78 is 7.80. The summed E-state index contributed by atoms with van der Waals surface area (Å²) in [7, 11) is 0. The number of hydrogen-bond acceptors (Lipinski definition) is 4. The first-order valence-corrected chi connectivity index (χ1v) is 13.0. The summed E-state index contributed by atoms with van der Waals surface area (Å²) in [6.45, 7) is 4.89. The molecule has 7 heteroatoms. The molecule has 1 aromatic heterocycles. The zero-order valence-electron chi connectivity index (χ0n) is 20.1. The maximum absolute atomic E-state index is 13.3. The van der Waals surface area contributed by atoms with E-state index in [1.54, 1.807) is 4.57 Å². The van der Waals surface area contributed by atoms with Crippen molar-refractivity contribution < 1.29 is 9.53 Å². The van der Waals surface area contributed by atoms with Gasteiger partial charge >= 0.3 is 0 Å². The van der Waals surface area contributed by atoms with Gasteiger partial charge in [-0.1, -0.05) is 45.1 Å². The summed E-state index contributed by atoms with van der Waals surface area (Å²) in [5, 5.41) is 0.412. The number of benzene rings is 1. The van der Waals surface area contributed by atoms with Gasteiger partial charge in [0.25, 0.3) is 5.56 Å². The lowest BCUT2D eigenvalue weighted by Gasteiger charge is -2.42. The van der Waals surface area contributed by atoms with Crippen molar-refractivity contribution in [2.75, 3.05) is 6.61 Å². The average Bonchev–Trinajstić information content (AvgIpc) is 3.14. The molecule has 3 aliphatic rings. The van der Waals surface area contributed by atoms with Gasteiger partial charge in [0.05, 0.1) is 18.8 Å². The molecule has 2 saturated carbocycles. The van der Waals surface area contributed by atoms with Crippen molar-refractivity contribution in [3.63, 3.8) is 0 Å². The van der Waals surface area contributed by atoms with Crippen LogP contribution in [0.25, 0.3) is 6.58 Å². The molecule has 1 aliphatic heterocycles. The fourth-order valence-corrected chi connectivity index (χ4v) is 5.89. The van der Waals surface area contributed by atoms with Gasteiger partial charge in [-0.2, -0.15) is 0 Å². The van der Waals surface area contributed by atoms with Gasteiger partial charge in [-0.05, 0) is 50.3 Å². The Balaban J connectivity index is 1.17. The van der Waals surface area contributed by atoms with Gasteiger partial charge in [-0.25, -0.2) is 4.99 Å². The zero-order chi connectivity index (χ0) is 23.5. The second-order valence-electron chi connectivity index (χ2n) is 10.0. The topological polar surface area (TPSA) is 79.7 Å². The molecule has 7 nitrogen and oxygen atoms in total. The summed E-state index contributed by atoms with van der Waals surface area (Å²) in [6.07, 6.45) is 13.6. The first-order chi connectivity index (χ1) is 16.6. The molecule has 1 amide bonds. The number of amides is 1. The molecule has 0 bridgehead atoms. The van der Waals surface area contributed by atoms with Crippen molar-refractivity contribution in [2.45, 2.75) is 95.7 Å². The molecular formula is C27H36N4O3. The normalized spacial score (nSPS) is 18.6. The number of rotatable bonds is 7. The smallest absolute Gasteiger partial charge is 0.274 e. The number of fused-ring (bicyclic) bond motifs is 2. The van der Waals surface area contributed by atoms with E-state index in [-0.39, 0.29) is 5.56 Å². The molecule has 2 aliphatic carbocycles. The van der Waals surface area contributed by atoms with Crippen molar-refractivity contribution in [1.82, 2.24) is 14.5 Å². The Bertz CT molecular complexity index is 1170. The Kier molecular flexibility index (Phi) is 6.88. The van der Waals surface area contributed by atoms with Gasteiger partial charge in [0, 0.05) is 24.1 Å². The fraction of sp³-hybridized carbons (Fsp3) is 0.593. The summed E-state index contributed by atoms with van der Waals surface area (Å²) in [5.74, 6) is 1.09. The van der Waals surface area contributed by atoms with Crippen LogP contribution in [0.3, 0.4) is 0 Å². The third-order valence-corrected chi connectivity index (χ3v) is 7.70. The van der Waals surface area contributed by atoms with E-state index in [9.17, 15) is 9.59 Å². The third kappa shape index (κ3) is 4.84. The predicted molar refractivity (Wildman–Crippen MR) is 132 cm³/mol. The van der Waals surface area contributed by atoms with Crippen molar-refractivity contribution in [3.8, 4) is 5.75 Å². The first-order valence-electron chi connectivity index (χ1n) is 13.0. The number of nitrogens with zero attached hydrogens (tertiary/aromatic N) is 3. The summed E-state index contributed by atoms with van der Waals surface area (Å²) in [4.78, 5) is 34.7. The van der Waals surface area contributed by atoms with E-state index in [2.05, 4.69) is 21.5 Å². The standard InChI is InChI=1S/C27H36N4O3/c1-19-26(33)29-27-28-24-15-14-23(17-20(24)18-30(19)27)34-16-8-13-25(32)31(21-9-4-2-5-10-21)22-11-6-3-7-12-22/h14-15,17,21-22H,1-13,16,18H2,(H,28,29,33). The van der Waals surface area contributed by atoms with E-state index in [1.165, 1.54) is 64.2 Å². The zero-order valence-corrected chi connectivity index (χ0v) is 20.1. The van der Waals surface area contributed by atoms with Crippen LogP contribution >= 0.6 is 0 Å². The highest BCUT2D eigenvalue weighted by molar-refractivity contribution is 5.77. The van der Waals surface area contributed by atoms with Crippen LogP contribution in [0.4, 0.5) is 5.69 Å². The second-order valence-corrected chi connectivity index (χ2v) is 10.0. The van der Waals surface area contributed by atoms with Crippen LogP contribution < -0.4 is 21.3 Å². The molecule has 0 unspecified atom stereocenters. The molecule has 0 saturated heterocycles. The lowest BCUT2D eigenvalue weighted by atomic mass is 9.88. The number of H-pyrrole nitrogens is 1. The van der Waals surface area contributed by atoms with E-state index in [0.717, 1.165) is 23.4 Å². The minimum Gasteiger partial charge on any atom is -0.494 e. The first kappa shape index (κ1) is 22.9. The van der Waals surface area contributed by atoms with E-state index >= 15 is 0 Å². The molecule has 2 heterocycles. The number of aromatic amines is 1. The predicted octanol–water partition coefficient (Wildman–Crippen LogP) is 3.55. The van der Waals surface area contributed by atoms with E-state index < -0.39 is 0 Å². The van der Waals surface area contributed by atoms with Crippen LogP contribution in [0, 0.1) is 0 Å². The largest absolute Gasteiger partial charge is 0.494 e. The highest BCUT2D eigenvalue weighted by atomic mass is 16.5. The monoisotopic (exact) mass is 464 g/mol. The minimum absolute atomic E-state index is 0.205. The Labute approximate surface area is 200 Å². The molecule has 1 aromatic carbocycles. The number of carbonyl (C=O) groups is 1. The molecule has 0 radical (unpaired) electrons. The molecule has 2 fully saturated rings. The van der Waals surface area contributed by atoms with Gasteiger partial charge in [0.1, 0.15) is 11.1 Å². The molecule has 5 rings (SSSR count). The van der Waals surface area contributed by atoms with Gasteiger partial charge in [0.15, 0.2) is 0 Å². The summed E-state index contributed by atoms with van der Waals surface area (Å²) in [6, 6.07) is 6.68. The molecule has 0 spiro atoms. The second kappa shape index (κ2) is 10.2. The SMILES string of the molecule is C=c1c(=O)[nH]c2n1Cc1cc(OCCCC(=O)N(C3CCCCC3)C3CCCCC3)ccc1N=2. The van der Waals surface area contributed by atoms with Crippen LogP contribution in [0.1, 0.15) is 82.6 Å². The molecular weight excluding hydrogens is 428 g/mol. The quantitative estimate of drug-likeness (QED) is 0.543. The Morgan fingerprint density at radius 1 is 1.09 bits per heavy atom. The summed E-state index contributed by atoms with van der Waals surface area (Å²) >= 11 is 0. The Morgan fingerprint density at radius 2 is 1.76 bits per heavy atom. The van der Waals surface area contributed by atoms with Gasteiger partial charge in [0.2, 0.25) is 11.5 Å². The van der Waals surface area contributed by atoms with E-state index in [4.69, 9.17) is 4.74 Å². The van der Waals surface area contributed by atoms with Crippen molar-refractivity contribution in [2.24, 2.45) is 4.99 Å². The number of ether oxygens (including phenoxy) is 1. The lowest BCUT2D eigenvalue weighted by Crippen LogP contribution is -2.48. The summed E-state index contributed by atoms with van der Waals surface area (Å²) in [5.41, 5.74) is 2.16. The molecule has 0 atom stereocenters. The number of aromatic nitrogens is 2. The van der Waals surface area contributed by atoms with Crippen LogP contribution in [-0.2, 0) is 11.3 Å². The van der Waals surface area contributed by atoms with Gasteiger partial charge in [-0.15, -0.1) is 0 Å².